The maximum atomic E-state index is 11.8. The van der Waals surface area contributed by atoms with E-state index in [4.69, 9.17) is 14.2 Å². The minimum absolute atomic E-state index is 0.0854. The van der Waals surface area contributed by atoms with Crippen molar-refractivity contribution in [3.63, 3.8) is 0 Å². The number of carboxylic acid groups (broad SMARTS) is 1. The van der Waals surface area contributed by atoms with Crippen molar-refractivity contribution in [2.24, 2.45) is 0 Å². The number of thioether (sulfide) groups is 1. The van der Waals surface area contributed by atoms with Crippen molar-refractivity contribution < 1.29 is 28.9 Å². The van der Waals surface area contributed by atoms with Crippen LogP contribution in [0.4, 0.5) is 4.79 Å². The second kappa shape index (κ2) is 12.6. The van der Waals surface area contributed by atoms with Gasteiger partial charge >= 0.3 is 12.1 Å². The number of carboxylic acids is 1. The third-order valence-corrected chi connectivity index (χ3v) is 4.74. The molecule has 156 valence electrons. The van der Waals surface area contributed by atoms with Crippen LogP contribution in [0.15, 0.2) is 54.6 Å². The van der Waals surface area contributed by atoms with E-state index < -0.39 is 18.1 Å². The Morgan fingerprint density at radius 2 is 1.69 bits per heavy atom. The molecule has 0 aliphatic rings. The van der Waals surface area contributed by atoms with E-state index in [9.17, 15) is 14.7 Å². The molecule has 29 heavy (non-hydrogen) atoms. The zero-order valence-electron chi connectivity index (χ0n) is 16.2. The van der Waals surface area contributed by atoms with Crippen LogP contribution in [-0.4, -0.2) is 47.9 Å². The van der Waals surface area contributed by atoms with Gasteiger partial charge in [-0.3, -0.25) is 0 Å². The summed E-state index contributed by atoms with van der Waals surface area (Å²) in [6.45, 7) is 3.03. The Morgan fingerprint density at radius 3 is 2.31 bits per heavy atom. The van der Waals surface area contributed by atoms with Crippen LogP contribution in [0.3, 0.4) is 0 Å². The molecule has 2 aromatic carbocycles. The number of amides is 1. The molecule has 0 bridgehead atoms. The summed E-state index contributed by atoms with van der Waals surface area (Å²) < 4.78 is 16.0. The van der Waals surface area contributed by atoms with Crippen molar-refractivity contribution in [2.75, 3.05) is 24.7 Å². The van der Waals surface area contributed by atoms with Crippen molar-refractivity contribution in [2.45, 2.75) is 19.6 Å². The zero-order valence-corrected chi connectivity index (χ0v) is 17.0. The number of hydrogen-bond donors (Lipinski definition) is 2. The average Bonchev–Trinajstić information content (AvgIpc) is 2.73. The standard InChI is InChI=1S/C21H25NO6S/c1-2-26-17-8-10-18(11-9-17)27-12-13-29-15-19(20(23)24)22-21(25)28-14-16-6-4-3-5-7-16/h3-11,19H,2,12-15H2,1H3,(H,22,25)(H,23,24). The van der Waals surface area contributed by atoms with Crippen LogP contribution in [0, 0.1) is 0 Å². The summed E-state index contributed by atoms with van der Waals surface area (Å²) in [6.07, 6.45) is -0.757. The molecule has 2 N–H and O–H groups in total. The van der Waals surface area contributed by atoms with E-state index in [1.807, 2.05) is 61.5 Å². The Kier molecular flexibility index (Phi) is 9.71. The van der Waals surface area contributed by atoms with Crippen LogP contribution in [-0.2, 0) is 16.1 Å². The highest BCUT2D eigenvalue weighted by atomic mass is 32.2. The number of nitrogens with one attached hydrogen (secondary N) is 1. The highest BCUT2D eigenvalue weighted by molar-refractivity contribution is 7.99. The Morgan fingerprint density at radius 1 is 1.03 bits per heavy atom. The van der Waals surface area contributed by atoms with Crippen molar-refractivity contribution in [3.05, 3.63) is 60.2 Å². The molecule has 0 aliphatic heterocycles. The van der Waals surface area contributed by atoms with E-state index in [0.29, 0.717) is 24.7 Å². The fourth-order valence-electron chi connectivity index (χ4n) is 2.30. The first-order valence-electron chi connectivity index (χ1n) is 9.22. The molecule has 1 unspecified atom stereocenters. The molecule has 0 heterocycles. The van der Waals surface area contributed by atoms with Gasteiger partial charge in [-0.25, -0.2) is 9.59 Å². The number of carbonyl (C=O) groups excluding carboxylic acids is 1. The van der Waals surface area contributed by atoms with Crippen LogP contribution in [0.5, 0.6) is 11.5 Å². The summed E-state index contributed by atoms with van der Waals surface area (Å²) in [5, 5.41) is 11.7. The van der Waals surface area contributed by atoms with Crippen molar-refractivity contribution in [3.8, 4) is 11.5 Å². The second-order valence-corrected chi connectivity index (χ2v) is 7.07. The highest BCUT2D eigenvalue weighted by Crippen LogP contribution is 2.17. The minimum Gasteiger partial charge on any atom is -0.494 e. The molecule has 0 saturated carbocycles. The van der Waals surface area contributed by atoms with Gasteiger partial charge in [0.15, 0.2) is 0 Å². The van der Waals surface area contributed by atoms with Crippen LogP contribution in [0.1, 0.15) is 12.5 Å². The molecule has 1 atom stereocenters. The highest BCUT2D eigenvalue weighted by Gasteiger charge is 2.20. The largest absolute Gasteiger partial charge is 0.494 e. The van der Waals surface area contributed by atoms with Gasteiger partial charge in [0.1, 0.15) is 24.1 Å². The van der Waals surface area contributed by atoms with E-state index in [0.717, 1.165) is 11.3 Å². The first-order chi connectivity index (χ1) is 14.1. The van der Waals surface area contributed by atoms with Crippen molar-refractivity contribution in [1.82, 2.24) is 5.32 Å². The quantitative estimate of drug-likeness (QED) is 0.508. The number of rotatable bonds is 12. The van der Waals surface area contributed by atoms with Gasteiger partial charge in [-0.2, -0.15) is 11.8 Å². The average molecular weight is 419 g/mol. The molecule has 0 radical (unpaired) electrons. The normalized spacial score (nSPS) is 11.3. The molecule has 1 amide bonds. The molecule has 0 aliphatic carbocycles. The molecule has 0 fully saturated rings. The molecule has 7 nitrogen and oxygen atoms in total. The van der Waals surface area contributed by atoms with Gasteiger partial charge in [0.25, 0.3) is 0 Å². The van der Waals surface area contributed by atoms with Gasteiger partial charge in [-0.1, -0.05) is 30.3 Å². The fraction of sp³-hybridized carbons (Fsp3) is 0.333. The number of ether oxygens (including phenoxy) is 3. The van der Waals surface area contributed by atoms with Crippen LogP contribution in [0.25, 0.3) is 0 Å². The lowest BCUT2D eigenvalue weighted by atomic mass is 10.2. The fourth-order valence-corrected chi connectivity index (χ4v) is 3.13. The first kappa shape index (κ1) is 22.4. The summed E-state index contributed by atoms with van der Waals surface area (Å²) in [4.78, 5) is 23.2. The van der Waals surface area contributed by atoms with Crippen molar-refractivity contribution in [1.29, 1.82) is 0 Å². The molecule has 8 heteroatoms. The monoisotopic (exact) mass is 419 g/mol. The molecule has 2 aromatic rings. The summed E-state index contributed by atoms with van der Waals surface area (Å²) >= 11 is 1.38. The zero-order chi connectivity index (χ0) is 20.9. The van der Waals surface area contributed by atoms with Gasteiger partial charge in [0.2, 0.25) is 0 Å². The van der Waals surface area contributed by atoms with Gasteiger partial charge < -0.3 is 24.6 Å². The molecule has 2 rings (SSSR count). The van der Waals surface area contributed by atoms with E-state index in [2.05, 4.69) is 5.32 Å². The number of carbonyl (C=O) groups is 2. The van der Waals surface area contributed by atoms with Gasteiger partial charge in [0, 0.05) is 11.5 Å². The number of aliphatic carboxylic acids is 1. The summed E-state index contributed by atoms with van der Waals surface area (Å²) in [5.74, 6) is 1.18. The summed E-state index contributed by atoms with van der Waals surface area (Å²) in [7, 11) is 0. The van der Waals surface area contributed by atoms with E-state index in [-0.39, 0.29) is 12.4 Å². The lowest BCUT2D eigenvalue weighted by Gasteiger charge is -2.14. The molecular weight excluding hydrogens is 394 g/mol. The van der Waals surface area contributed by atoms with Crippen molar-refractivity contribution >= 4 is 23.8 Å². The molecule has 0 saturated heterocycles. The summed E-state index contributed by atoms with van der Waals surface area (Å²) in [5.41, 5.74) is 0.829. The van der Waals surface area contributed by atoms with Gasteiger partial charge in [-0.15, -0.1) is 0 Å². The third-order valence-electron chi connectivity index (χ3n) is 3.72. The van der Waals surface area contributed by atoms with E-state index >= 15 is 0 Å². The minimum atomic E-state index is -1.11. The van der Waals surface area contributed by atoms with E-state index in [1.165, 1.54) is 11.8 Å². The Bertz CT molecular complexity index is 754. The maximum Gasteiger partial charge on any atom is 0.408 e. The Hall–Kier alpha value is -2.87. The number of alkyl carbamates (subject to hydrolysis) is 1. The number of hydrogen-bond acceptors (Lipinski definition) is 6. The van der Waals surface area contributed by atoms with Crippen LogP contribution < -0.4 is 14.8 Å². The smallest absolute Gasteiger partial charge is 0.408 e. The van der Waals surface area contributed by atoms with Crippen LogP contribution in [0.2, 0.25) is 0 Å². The predicted molar refractivity (Wildman–Crippen MR) is 112 cm³/mol. The third kappa shape index (κ3) is 8.78. The predicted octanol–water partition coefficient (Wildman–Crippen LogP) is 3.58. The van der Waals surface area contributed by atoms with E-state index in [1.54, 1.807) is 0 Å². The topological polar surface area (TPSA) is 94.1 Å². The Balaban J connectivity index is 1.65. The number of benzene rings is 2. The maximum absolute atomic E-state index is 11.8. The van der Waals surface area contributed by atoms with Gasteiger partial charge in [0.05, 0.1) is 13.2 Å². The molecule has 0 spiro atoms. The first-order valence-corrected chi connectivity index (χ1v) is 10.4. The SMILES string of the molecule is CCOc1ccc(OCCSCC(NC(=O)OCc2ccccc2)C(=O)O)cc1. The lowest BCUT2D eigenvalue weighted by Crippen LogP contribution is -2.42. The van der Waals surface area contributed by atoms with Crippen LogP contribution >= 0.6 is 11.8 Å². The summed E-state index contributed by atoms with van der Waals surface area (Å²) in [6, 6.07) is 15.4. The second-order valence-electron chi connectivity index (χ2n) is 5.92. The molecular formula is C21H25NO6S. The Labute approximate surface area is 174 Å². The molecule has 0 aromatic heterocycles. The van der Waals surface area contributed by atoms with Gasteiger partial charge in [-0.05, 0) is 36.8 Å². The lowest BCUT2D eigenvalue weighted by molar-refractivity contribution is -0.138.